The Morgan fingerprint density at radius 2 is 1.55 bits per heavy atom. The van der Waals surface area contributed by atoms with Crippen LogP contribution in [0.3, 0.4) is 0 Å². The molecule has 1 amide bonds. The minimum atomic E-state index is -1.76. The number of carbonyl (C=O) groups is 2. The lowest BCUT2D eigenvalue weighted by atomic mass is 10.0. The number of hydrogen-bond donors (Lipinski definition) is 3. The lowest BCUT2D eigenvalue weighted by Gasteiger charge is -2.36. The van der Waals surface area contributed by atoms with Gasteiger partial charge in [-0.3, -0.25) is 9.59 Å². The molecule has 1 aliphatic rings. The SMILES string of the molecule is CCCCCCCCCCCCCCCCNC(=O)c1cc(OC(OC2(CC)CC(=O)OS(=O)CCCO2)C(C)O)c2ccccc2c1O. The van der Waals surface area contributed by atoms with Crippen LogP contribution in [0.4, 0.5) is 0 Å². The number of rotatable bonds is 22. The molecule has 1 heterocycles. The summed E-state index contributed by atoms with van der Waals surface area (Å²) in [7, 11) is 0. The summed E-state index contributed by atoms with van der Waals surface area (Å²) < 4.78 is 35.3. The number of unbranched alkanes of at least 4 members (excludes halogenated alkanes) is 13. The average molecular weight is 706 g/mol. The summed E-state index contributed by atoms with van der Waals surface area (Å²) in [5.41, 5.74) is 0.0401. The van der Waals surface area contributed by atoms with Crippen molar-refractivity contribution in [2.75, 3.05) is 18.9 Å². The molecule has 0 spiro atoms. The third-order valence-electron chi connectivity index (χ3n) is 8.97. The maximum atomic E-state index is 13.3. The van der Waals surface area contributed by atoms with E-state index in [0.29, 0.717) is 23.7 Å². The van der Waals surface area contributed by atoms with E-state index < -0.39 is 41.1 Å². The van der Waals surface area contributed by atoms with E-state index in [-0.39, 0.29) is 42.3 Å². The van der Waals surface area contributed by atoms with E-state index in [1.807, 2.05) is 0 Å². The van der Waals surface area contributed by atoms with Gasteiger partial charge in [-0.15, -0.1) is 0 Å². The van der Waals surface area contributed by atoms with Crippen molar-refractivity contribution in [3.8, 4) is 11.5 Å². The molecule has 0 aromatic heterocycles. The number of amides is 1. The number of phenols is 1. The maximum Gasteiger partial charge on any atom is 0.325 e. The highest BCUT2D eigenvalue weighted by Gasteiger charge is 2.40. The van der Waals surface area contributed by atoms with E-state index in [1.54, 1.807) is 31.2 Å². The summed E-state index contributed by atoms with van der Waals surface area (Å²) in [5, 5.41) is 25.6. The summed E-state index contributed by atoms with van der Waals surface area (Å²) in [4.78, 5) is 25.8. The number of benzene rings is 2. The topological polar surface area (TPSA) is 141 Å². The van der Waals surface area contributed by atoms with Crippen LogP contribution in [-0.2, 0) is 29.5 Å². The number of aliphatic hydroxyl groups is 1. The number of nitrogens with one attached hydrogen (secondary N) is 1. The lowest BCUT2D eigenvalue weighted by molar-refractivity contribution is -0.309. The Kier molecular flexibility index (Phi) is 18.4. The summed E-state index contributed by atoms with van der Waals surface area (Å²) >= 11 is -1.76. The van der Waals surface area contributed by atoms with Gasteiger partial charge in [0.15, 0.2) is 5.79 Å². The number of phenolic OH excluding ortho intramolecular Hbond substituents is 1. The van der Waals surface area contributed by atoms with Crippen molar-refractivity contribution < 1.29 is 42.4 Å². The molecule has 1 aliphatic heterocycles. The van der Waals surface area contributed by atoms with Gasteiger partial charge in [0.1, 0.15) is 24.0 Å². The molecule has 0 aliphatic carbocycles. The molecular weight excluding hydrogens is 646 g/mol. The Balaban J connectivity index is 1.56. The second-order valence-electron chi connectivity index (χ2n) is 13.1. The highest BCUT2D eigenvalue weighted by molar-refractivity contribution is 7.80. The van der Waals surface area contributed by atoms with Crippen molar-refractivity contribution >= 4 is 33.7 Å². The largest absolute Gasteiger partial charge is 0.506 e. The first-order valence-electron chi connectivity index (χ1n) is 18.5. The van der Waals surface area contributed by atoms with E-state index in [1.165, 1.54) is 83.6 Å². The van der Waals surface area contributed by atoms with Gasteiger partial charge in [0.05, 0.1) is 17.9 Å². The fourth-order valence-electron chi connectivity index (χ4n) is 6.04. The minimum Gasteiger partial charge on any atom is -0.506 e. The van der Waals surface area contributed by atoms with Crippen molar-refractivity contribution in [2.24, 2.45) is 0 Å². The van der Waals surface area contributed by atoms with Gasteiger partial charge < -0.3 is 33.9 Å². The predicted molar refractivity (Wildman–Crippen MR) is 193 cm³/mol. The van der Waals surface area contributed by atoms with E-state index in [0.717, 1.165) is 19.3 Å². The predicted octanol–water partition coefficient (Wildman–Crippen LogP) is 7.98. The average Bonchev–Trinajstić information content (AvgIpc) is 3.15. The van der Waals surface area contributed by atoms with Crippen molar-refractivity contribution in [1.29, 1.82) is 0 Å². The monoisotopic (exact) mass is 705 g/mol. The Morgan fingerprint density at radius 1 is 0.959 bits per heavy atom. The minimum absolute atomic E-state index is 0.0401. The molecule has 2 aromatic rings. The van der Waals surface area contributed by atoms with Crippen molar-refractivity contribution in [2.45, 2.75) is 148 Å². The molecule has 4 atom stereocenters. The highest BCUT2D eigenvalue weighted by Crippen LogP contribution is 2.38. The van der Waals surface area contributed by atoms with Crippen molar-refractivity contribution in [3.63, 3.8) is 0 Å². The normalized spacial score (nSPS) is 19.8. The van der Waals surface area contributed by atoms with Crippen LogP contribution in [0.5, 0.6) is 11.5 Å². The standard InChI is InChI=1S/C38H59NO9S/c1-4-6-7-8-9-10-11-12-13-14-15-16-17-20-24-39-36(43)32-27-33(30-22-18-19-23-31(30)35(32)42)46-37(29(3)40)47-38(5-2)28-34(41)48-49(44)26-21-25-45-38/h18-19,22-23,27,29,37,40,42H,4-17,20-21,24-26,28H2,1-3H3,(H,39,43). The summed E-state index contributed by atoms with van der Waals surface area (Å²) in [6.07, 6.45) is 15.3. The van der Waals surface area contributed by atoms with Crippen LogP contribution in [-0.4, -0.2) is 63.4 Å². The third-order valence-corrected chi connectivity index (χ3v) is 9.96. The fourth-order valence-corrected chi connectivity index (χ4v) is 6.74. The van der Waals surface area contributed by atoms with Crippen molar-refractivity contribution in [1.82, 2.24) is 5.32 Å². The zero-order valence-electron chi connectivity index (χ0n) is 29.8. The maximum absolute atomic E-state index is 13.3. The van der Waals surface area contributed by atoms with Gasteiger partial charge >= 0.3 is 5.97 Å². The Bertz CT molecular complexity index is 1320. The van der Waals surface area contributed by atoms with Crippen LogP contribution >= 0.6 is 0 Å². The van der Waals surface area contributed by atoms with Gasteiger partial charge in [0.2, 0.25) is 17.4 Å². The molecule has 0 saturated carbocycles. The zero-order chi connectivity index (χ0) is 35.5. The fraction of sp³-hybridized carbons (Fsp3) is 0.684. The molecule has 1 fully saturated rings. The first-order chi connectivity index (χ1) is 23.7. The highest BCUT2D eigenvalue weighted by atomic mass is 32.2. The molecule has 10 nitrogen and oxygen atoms in total. The van der Waals surface area contributed by atoms with E-state index in [2.05, 4.69) is 12.2 Å². The molecule has 3 rings (SSSR count). The van der Waals surface area contributed by atoms with Gasteiger partial charge in [0, 0.05) is 17.3 Å². The smallest absolute Gasteiger partial charge is 0.325 e. The molecule has 4 unspecified atom stereocenters. The molecule has 0 bridgehead atoms. The quantitative estimate of drug-likeness (QED) is 0.0821. The van der Waals surface area contributed by atoms with Gasteiger partial charge in [-0.25, -0.2) is 4.21 Å². The molecule has 49 heavy (non-hydrogen) atoms. The first kappa shape index (κ1) is 40.7. The molecular formula is C38H59NO9S. The van der Waals surface area contributed by atoms with Gasteiger partial charge in [-0.05, 0) is 32.3 Å². The van der Waals surface area contributed by atoms with Crippen molar-refractivity contribution in [3.05, 3.63) is 35.9 Å². The third kappa shape index (κ3) is 13.8. The Morgan fingerprint density at radius 3 is 2.14 bits per heavy atom. The van der Waals surface area contributed by atoms with E-state index in [9.17, 15) is 24.0 Å². The van der Waals surface area contributed by atoms with Gasteiger partial charge in [-0.2, -0.15) is 0 Å². The Labute approximate surface area is 295 Å². The van der Waals surface area contributed by atoms with E-state index in [4.69, 9.17) is 18.4 Å². The van der Waals surface area contributed by atoms with Crippen LogP contribution < -0.4 is 10.1 Å². The van der Waals surface area contributed by atoms with Crippen LogP contribution in [0.2, 0.25) is 0 Å². The first-order valence-corrected chi connectivity index (χ1v) is 19.7. The van der Waals surface area contributed by atoms with Gasteiger partial charge in [0.25, 0.3) is 5.91 Å². The lowest BCUT2D eigenvalue weighted by Crippen LogP contribution is -2.46. The van der Waals surface area contributed by atoms with Crippen LogP contribution in [0.1, 0.15) is 140 Å². The van der Waals surface area contributed by atoms with E-state index >= 15 is 0 Å². The molecule has 0 radical (unpaired) electrons. The number of aromatic hydroxyl groups is 1. The molecule has 276 valence electrons. The number of hydrogen-bond acceptors (Lipinski definition) is 9. The molecule has 3 N–H and O–H groups in total. The number of fused-ring (bicyclic) bond motifs is 1. The van der Waals surface area contributed by atoms with Gasteiger partial charge in [-0.1, -0.05) is 122 Å². The summed E-state index contributed by atoms with van der Waals surface area (Å²) in [6.45, 7) is 6.13. The zero-order valence-corrected chi connectivity index (χ0v) is 30.7. The second kappa shape index (κ2) is 22.2. The number of aliphatic hydroxyl groups excluding tert-OH is 1. The van der Waals surface area contributed by atoms with Crippen LogP contribution in [0.25, 0.3) is 10.8 Å². The molecule has 2 aromatic carbocycles. The number of ether oxygens (including phenoxy) is 3. The number of carbonyl (C=O) groups excluding carboxylic acids is 2. The molecule has 11 heteroatoms. The van der Waals surface area contributed by atoms with Crippen LogP contribution in [0, 0.1) is 0 Å². The Hall–Kier alpha value is -2.73. The second-order valence-corrected chi connectivity index (χ2v) is 14.3. The summed E-state index contributed by atoms with van der Waals surface area (Å²) in [5.74, 6) is -2.51. The van der Waals surface area contributed by atoms with Crippen LogP contribution in [0.15, 0.2) is 30.3 Å². The summed E-state index contributed by atoms with van der Waals surface area (Å²) in [6, 6.07) is 8.38. The molecule has 1 saturated heterocycles.